The number of hydrogen-bond acceptors (Lipinski definition) is 3. The van der Waals surface area contributed by atoms with E-state index in [0.717, 1.165) is 22.2 Å². The molecular formula is C21H18N2O2. The van der Waals surface area contributed by atoms with Crippen LogP contribution in [0, 0.1) is 18.8 Å². The number of rotatable bonds is 3. The average Bonchev–Trinajstić information content (AvgIpc) is 2.64. The van der Waals surface area contributed by atoms with Crippen LogP contribution in [0.3, 0.4) is 0 Å². The van der Waals surface area contributed by atoms with Gasteiger partial charge in [0.1, 0.15) is 5.75 Å². The Hall–Kier alpha value is -3.32. The normalized spacial score (nSPS) is 10.0. The standard InChI is InChI=1S/C21H18N2O2/c1-15-19(13-17-10-11-18(25-2)14-20(17)23-15)21(24)22-12-6-9-16-7-4-3-5-8-16/h3-5,7-8,10-11,13-14H,12H2,1-2H3,(H,22,24). The Morgan fingerprint density at radius 2 is 1.96 bits per heavy atom. The van der Waals surface area contributed by atoms with Crippen molar-refractivity contribution in [3.05, 3.63) is 71.4 Å². The Kier molecular flexibility index (Phi) is 4.96. The van der Waals surface area contributed by atoms with Gasteiger partial charge in [0.25, 0.3) is 5.91 Å². The molecule has 0 bridgehead atoms. The van der Waals surface area contributed by atoms with Gasteiger partial charge in [-0.25, -0.2) is 0 Å². The van der Waals surface area contributed by atoms with E-state index in [4.69, 9.17) is 4.74 Å². The fraction of sp³-hybridized carbons (Fsp3) is 0.143. The molecule has 0 radical (unpaired) electrons. The third-order valence-corrected chi connectivity index (χ3v) is 3.80. The quantitative estimate of drug-likeness (QED) is 0.750. The van der Waals surface area contributed by atoms with E-state index in [0.29, 0.717) is 11.3 Å². The van der Waals surface area contributed by atoms with Crippen molar-refractivity contribution in [1.29, 1.82) is 0 Å². The molecule has 25 heavy (non-hydrogen) atoms. The maximum absolute atomic E-state index is 12.4. The number of hydrogen-bond donors (Lipinski definition) is 1. The van der Waals surface area contributed by atoms with Gasteiger partial charge in [-0.3, -0.25) is 9.78 Å². The fourth-order valence-electron chi connectivity index (χ4n) is 2.49. The van der Waals surface area contributed by atoms with E-state index in [1.807, 2.05) is 61.5 Å². The van der Waals surface area contributed by atoms with Gasteiger partial charge in [0.2, 0.25) is 0 Å². The van der Waals surface area contributed by atoms with E-state index < -0.39 is 0 Å². The first-order valence-electron chi connectivity index (χ1n) is 7.95. The number of ether oxygens (including phenoxy) is 1. The van der Waals surface area contributed by atoms with Crippen LogP contribution in [0.5, 0.6) is 5.75 Å². The molecule has 0 atom stereocenters. The molecule has 0 fully saturated rings. The van der Waals surface area contributed by atoms with Crippen molar-refractivity contribution in [2.75, 3.05) is 13.7 Å². The zero-order valence-corrected chi connectivity index (χ0v) is 14.2. The van der Waals surface area contributed by atoms with Gasteiger partial charge < -0.3 is 10.1 Å². The van der Waals surface area contributed by atoms with Crippen LogP contribution in [0.4, 0.5) is 0 Å². The highest BCUT2D eigenvalue weighted by Crippen LogP contribution is 2.21. The molecule has 0 saturated heterocycles. The largest absolute Gasteiger partial charge is 0.497 e. The number of benzene rings is 2. The molecule has 1 N–H and O–H groups in total. The van der Waals surface area contributed by atoms with Gasteiger partial charge in [-0.15, -0.1) is 0 Å². The number of nitrogens with one attached hydrogen (secondary N) is 1. The van der Waals surface area contributed by atoms with Crippen LogP contribution in [-0.2, 0) is 0 Å². The average molecular weight is 330 g/mol. The summed E-state index contributed by atoms with van der Waals surface area (Å²) in [6.45, 7) is 2.11. The Bertz CT molecular complexity index is 970. The van der Waals surface area contributed by atoms with Crippen LogP contribution in [0.25, 0.3) is 10.9 Å². The molecule has 4 nitrogen and oxygen atoms in total. The maximum atomic E-state index is 12.4. The number of nitrogens with zero attached hydrogens (tertiary/aromatic N) is 1. The number of methoxy groups -OCH3 is 1. The highest BCUT2D eigenvalue weighted by atomic mass is 16.5. The second kappa shape index (κ2) is 7.50. The van der Waals surface area contributed by atoms with Gasteiger partial charge in [-0.05, 0) is 37.3 Å². The highest BCUT2D eigenvalue weighted by Gasteiger charge is 2.11. The van der Waals surface area contributed by atoms with Gasteiger partial charge in [0.15, 0.2) is 0 Å². The SMILES string of the molecule is COc1ccc2cc(C(=O)NCC#Cc3ccccc3)c(C)nc2c1. The molecule has 3 rings (SSSR count). The third-order valence-electron chi connectivity index (χ3n) is 3.80. The second-order valence-electron chi connectivity index (χ2n) is 5.53. The van der Waals surface area contributed by atoms with E-state index in [9.17, 15) is 4.79 Å². The van der Waals surface area contributed by atoms with E-state index >= 15 is 0 Å². The summed E-state index contributed by atoms with van der Waals surface area (Å²) < 4.78 is 5.21. The minimum absolute atomic E-state index is 0.176. The zero-order chi connectivity index (χ0) is 17.6. The summed E-state index contributed by atoms with van der Waals surface area (Å²) in [4.78, 5) is 16.9. The maximum Gasteiger partial charge on any atom is 0.253 e. The van der Waals surface area contributed by atoms with Gasteiger partial charge >= 0.3 is 0 Å². The number of aryl methyl sites for hydroxylation is 1. The van der Waals surface area contributed by atoms with Crippen LogP contribution < -0.4 is 10.1 Å². The first-order valence-corrected chi connectivity index (χ1v) is 7.95. The second-order valence-corrected chi connectivity index (χ2v) is 5.53. The monoisotopic (exact) mass is 330 g/mol. The number of fused-ring (bicyclic) bond motifs is 1. The Morgan fingerprint density at radius 3 is 2.72 bits per heavy atom. The van der Waals surface area contributed by atoms with Crippen LogP contribution in [0.1, 0.15) is 21.6 Å². The number of amides is 1. The first-order chi connectivity index (χ1) is 12.2. The van der Waals surface area contributed by atoms with Crippen molar-refractivity contribution in [3.8, 4) is 17.6 Å². The van der Waals surface area contributed by atoms with Crippen molar-refractivity contribution < 1.29 is 9.53 Å². The highest BCUT2D eigenvalue weighted by molar-refractivity contribution is 5.98. The molecule has 0 unspecified atom stereocenters. The molecule has 1 heterocycles. The third kappa shape index (κ3) is 3.96. The van der Waals surface area contributed by atoms with Crippen molar-refractivity contribution in [1.82, 2.24) is 10.3 Å². The molecule has 0 aliphatic rings. The topological polar surface area (TPSA) is 51.2 Å². The molecule has 1 amide bonds. The van der Waals surface area contributed by atoms with Gasteiger partial charge in [-0.1, -0.05) is 30.0 Å². The number of pyridine rings is 1. The van der Waals surface area contributed by atoms with E-state index in [1.54, 1.807) is 7.11 Å². The lowest BCUT2D eigenvalue weighted by atomic mass is 10.1. The summed E-state index contributed by atoms with van der Waals surface area (Å²) >= 11 is 0. The molecule has 3 aromatic rings. The minimum atomic E-state index is -0.176. The van der Waals surface area contributed by atoms with Crippen LogP contribution in [-0.4, -0.2) is 24.5 Å². The predicted octanol–water partition coefficient (Wildman–Crippen LogP) is 3.33. The summed E-state index contributed by atoms with van der Waals surface area (Å²) in [5.41, 5.74) is 2.96. The lowest BCUT2D eigenvalue weighted by Crippen LogP contribution is -2.24. The summed E-state index contributed by atoms with van der Waals surface area (Å²) in [5.74, 6) is 6.54. The molecule has 1 aromatic heterocycles. The molecule has 0 spiro atoms. The van der Waals surface area contributed by atoms with Crippen LogP contribution >= 0.6 is 0 Å². The fourth-order valence-corrected chi connectivity index (χ4v) is 2.49. The molecule has 4 heteroatoms. The summed E-state index contributed by atoms with van der Waals surface area (Å²) in [5, 5.41) is 3.72. The lowest BCUT2D eigenvalue weighted by Gasteiger charge is -2.08. The van der Waals surface area contributed by atoms with Crippen LogP contribution in [0.15, 0.2) is 54.6 Å². The van der Waals surface area contributed by atoms with Crippen molar-refractivity contribution >= 4 is 16.8 Å². The summed E-state index contributed by atoms with van der Waals surface area (Å²) in [7, 11) is 1.62. The summed E-state index contributed by atoms with van der Waals surface area (Å²) in [6.07, 6.45) is 0. The van der Waals surface area contributed by atoms with E-state index in [-0.39, 0.29) is 12.5 Å². The molecule has 0 aliphatic heterocycles. The Balaban J connectivity index is 1.73. The van der Waals surface area contributed by atoms with Crippen molar-refractivity contribution in [3.63, 3.8) is 0 Å². The van der Waals surface area contributed by atoms with Gasteiger partial charge in [-0.2, -0.15) is 0 Å². The zero-order valence-electron chi connectivity index (χ0n) is 14.2. The lowest BCUT2D eigenvalue weighted by molar-refractivity contribution is 0.0958. The van der Waals surface area contributed by atoms with Gasteiger partial charge in [0, 0.05) is 17.0 Å². The Morgan fingerprint density at radius 1 is 1.16 bits per heavy atom. The first kappa shape index (κ1) is 16.5. The van der Waals surface area contributed by atoms with Crippen molar-refractivity contribution in [2.24, 2.45) is 0 Å². The molecule has 2 aromatic carbocycles. The predicted molar refractivity (Wildman–Crippen MR) is 98.7 cm³/mol. The van der Waals surface area contributed by atoms with Crippen molar-refractivity contribution in [2.45, 2.75) is 6.92 Å². The smallest absolute Gasteiger partial charge is 0.253 e. The molecule has 124 valence electrons. The molecular weight excluding hydrogens is 312 g/mol. The number of carbonyl (C=O) groups is 1. The van der Waals surface area contributed by atoms with Crippen LogP contribution in [0.2, 0.25) is 0 Å². The molecule has 0 saturated carbocycles. The molecule has 0 aliphatic carbocycles. The van der Waals surface area contributed by atoms with E-state index in [1.165, 1.54) is 0 Å². The number of carbonyl (C=O) groups excluding carboxylic acids is 1. The number of aromatic nitrogens is 1. The minimum Gasteiger partial charge on any atom is -0.497 e. The Labute approximate surface area is 146 Å². The van der Waals surface area contributed by atoms with Gasteiger partial charge in [0.05, 0.1) is 30.4 Å². The van der Waals surface area contributed by atoms with E-state index in [2.05, 4.69) is 22.1 Å². The summed E-state index contributed by atoms with van der Waals surface area (Å²) in [6, 6.07) is 17.1.